The van der Waals surface area contributed by atoms with Gasteiger partial charge in [-0.25, -0.2) is 27.5 Å². The molecular weight excluding hydrogens is 558 g/mol. The van der Waals surface area contributed by atoms with Crippen molar-refractivity contribution in [1.82, 2.24) is 19.9 Å². The van der Waals surface area contributed by atoms with Gasteiger partial charge in [0, 0.05) is 27.7 Å². The standard InChI is InChI=1S/C33H19F4N5O/c34-18-3-1-4-19(35)28(18)30-22-9-7-16(39-22)15-17-8-10-23(40-17)31(29-20(36)5-2-6-21(29)37)25-12-14-27(42-25)32(33(38)43)26-13-11-24(30)41-26/h1-15,39,42H,(H2,38,43). The number of nitrogens with one attached hydrogen (secondary N) is 2. The van der Waals surface area contributed by atoms with Crippen LogP contribution in [-0.4, -0.2) is 25.8 Å². The Labute approximate surface area is 240 Å². The van der Waals surface area contributed by atoms with Crippen molar-refractivity contribution in [3.63, 3.8) is 0 Å². The third-order valence-corrected chi connectivity index (χ3v) is 7.25. The highest BCUT2D eigenvalue weighted by molar-refractivity contribution is 6.05. The first kappa shape index (κ1) is 26.1. The Morgan fingerprint density at radius 3 is 1.72 bits per heavy atom. The van der Waals surface area contributed by atoms with Gasteiger partial charge in [0.15, 0.2) is 0 Å². The summed E-state index contributed by atoms with van der Waals surface area (Å²) in [5.41, 5.74) is 7.81. The molecule has 0 unspecified atom stereocenters. The van der Waals surface area contributed by atoms with Crippen LogP contribution in [0, 0.1) is 23.3 Å². The number of halogens is 4. The van der Waals surface area contributed by atoms with Gasteiger partial charge in [-0.05, 0) is 78.9 Å². The maximum Gasteiger partial charge on any atom is 0.253 e. The van der Waals surface area contributed by atoms with Crippen LogP contribution in [0.25, 0.3) is 68.6 Å². The Morgan fingerprint density at radius 2 is 1.09 bits per heavy atom. The highest BCUT2D eigenvalue weighted by Gasteiger charge is 2.22. The van der Waals surface area contributed by atoms with E-state index in [2.05, 4.69) is 19.9 Å². The van der Waals surface area contributed by atoms with Gasteiger partial charge in [0.25, 0.3) is 5.91 Å². The topological polar surface area (TPSA) is 100 Å². The molecule has 4 N–H and O–H groups in total. The van der Waals surface area contributed by atoms with Crippen LogP contribution in [0.2, 0.25) is 0 Å². The number of hydrogen-bond donors (Lipinski definition) is 3. The van der Waals surface area contributed by atoms with Crippen molar-refractivity contribution in [3.8, 4) is 22.3 Å². The average molecular weight is 578 g/mol. The summed E-state index contributed by atoms with van der Waals surface area (Å²) >= 11 is 0. The predicted octanol–water partition coefficient (Wildman–Crippen LogP) is 7.64. The van der Waals surface area contributed by atoms with Crippen LogP contribution in [0.4, 0.5) is 17.6 Å². The summed E-state index contributed by atoms with van der Waals surface area (Å²) in [6.45, 7) is 0. The van der Waals surface area contributed by atoms with Gasteiger partial charge < -0.3 is 15.7 Å². The summed E-state index contributed by atoms with van der Waals surface area (Å²) < 4.78 is 60.5. The monoisotopic (exact) mass is 577 g/mol. The van der Waals surface area contributed by atoms with Crippen LogP contribution in [0.15, 0.2) is 66.7 Å². The first-order chi connectivity index (χ1) is 20.8. The lowest BCUT2D eigenvalue weighted by atomic mass is 10.0. The fourth-order valence-electron chi connectivity index (χ4n) is 5.40. The molecule has 2 aliphatic heterocycles. The zero-order valence-corrected chi connectivity index (χ0v) is 22.1. The minimum Gasteiger partial charge on any atom is -0.365 e. The first-order valence-electron chi connectivity index (χ1n) is 13.1. The van der Waals surface area contributed by atoms with E-state index < -0.39 is 29.2 Å². The largest absolute Gasteiger partial charge is 0.365 e. The number of H-pyrrole nitrogens is 2. The van der Waals surface area contributed by atoms with E-state index in [9.17, 15) is 4.79 Å². The number of fused-ring (bicyclic) bond motifs is 8. The number of nitrogens with zero attached hydrogens (tertiary/aromatic N) is 2. The van der Waals surface area contributed by atoms with Crippen LogP contribution in [0.1, 0.15) is 33.1 Å². The SMILES string of the molecule is NC(=O)c1c2nc(c(-c3c(F)cccc3F)c3ccc(cc4nc(c(-c5c(F)cccc5F)c5ccc1[nH]5)C=C4)[nH]3)C=C2. The number of benzene rings is 2. The smallest absolute Gasteiger partial charge is 0.253 e. The Balaban J connectivity index is 1.67. The van der Waals surface area contributed by atoms with Crippen LogP contribution in [0.5, 0.6) is 0 Å². The Hall–Kier alpha value is -5.77. The van der Waals surface area contributed by atoms with E-state index in [1.54, 1.807) is 36.4 Å². The highest BCUT2D eigenvalue weighted by Crippen LogP contribution is 2.36. The van der Waals surface area contributed by atoms with Crippen LogP contribution in [0.3, 0.4) is 0 Å². The number of aromatic amines is 2. The molecule has 43 heavy (non-hydrogen) atoms. The summed E-state index contributed by atoms with van der Waals surface area (Å²) in [7, 11) is 0. The van der Waals surface area contributed by atoms with Crippen molar-refractivity contribution in [2.45, 2.75) is 0 Å². The van der Waals surface area contributed by atoms with Crippen molar-refractivity contribution >= 4 is 52.3 Å². The number of hydrogen-bond acceptors (Lipinski definition) is 3. The van der Waals surface area contributed by atoms with Crippen molar-refractivity contribution in [2.75, 3.05) is 0 Å². The second-order valence-electron chi connectivity index (χ2n) is 9.91. The van der Waals surface area contributed by atoms with Gasteiger partial charge in [0.05, 0.1) is 45.0 Å². The van der Waals surface area contributed by atoms with E-state index in [1.165, 1.54) is 30.4 Å². The van der Waals surface area contributed by atoms with Crippen molar-refractivity contribution in [1.29, 1.82) is 0 Å². The van der Waals surface area contributed by atoms with Crippen LogP contribution in [-0.2, 0) is 0 Å². The molecular formula is C33H19F4N5O. The number of carbonyl (C=O) groups is 1. The lowest BCUT2D eigenvalue weighted by molar-refractivity contribution is 0.100. The van der Waals surface area contributed by atoms with Gasteiger partial charge in [0.1, 0.15) is 23.3 Å². The van der Waals surface area contributed by atoms with E-state index in [0.29, 0.717) is 16.7 Å². The molecule has 10 heteroatoms. The summed E-state index contributed by atoms with van der Waals surface area (Å²) in [5.74, 6) is -4.04. The molecule has 6 nitrogen and oxygen atoms in total. The minimum atomic E-state index is -0.845. The third-order valence-electron chi connectivity index (χ3n) is 7.25. The molecule has 7 rings (SSSR count). The Bertz CT molecular complexity index is 2140. The normalized spacial score (nSPS) is 12.2. The molecule has 0 spiro atoms. The quantitative estimate of drug-likeness (QED) is 0.188. The van der Waals surface area contributed by atoms with E-state index in [4.69, 9.17) is 5.73 Å². The second-order valence-corrected chi connectivity index (χ2v) is 9.91. The fourth-order valence-corrected chi connectivity index (χ4v) is 5.40. The van der Waals surface area contributed by atoms with E-state index >= 15 is 17.6 Å². The number of primary amides is 1. The van der Waals surface area contributed by atoms with Crippen LogP contribution < -0.4 is 5.73 Å². The number of aromatic nitrogens is 4. The number of rotatable bonds is 3. The molecule has 5 heterocycles. The summed E-state index contributed by atoms with van der Waals surface area (Å²) in [6.07, 6.45) is 6.32. The molecule has 0 atom stereocenters. The number of amides is 1. The second kappa shape index (κ2) is 9.95. The third kappa shape index (κ3) is 4.40. The highest BCUT2D eigenvalue weighted by atomic mass is 19.1. The molecule has 2 aliphatic rings. The molecule has 0 saturated heterocycles. The van der Waals surface area contributed by atoms with Gasteiger partial charge in [-0.15, -0.1) is 0 Å². The number of carbonyl (C=O) groups excluding carboxylic acids is 1. The van der Waals surface area contributed by atoms with E-state index in [-0.39, 0.29) is 55.9 Å². The molecule has 2 aromatic carbocycles. The maximum absolute atomic E-state index is 15.1. The summed E-state index contributed by atoms with van der Waals surface area (Å²) in [4.78, 5) is 28.2. The Morgan fingerprint density at radius 1 is 0.581 bits per heavy atom. The van der Waals surface area contributed by atoms with Gasteiger partial charge >= 0.3 is 0 Å². The zero-order chi connectivity index (χ0) is 29.8. The lowest BCUT2D eigenvalue weighted by Crippen LogP contribution is -2.13. The van der Waals surface area contributed by atoms with Gasteiger partial charge in [-0.1, -0.05) is 12.1 Å². The van der Waals surface area contributed by atoms with Crippen molar-refractivity contribution in [2.24, 2.45) is 5.73 Å². The summed E-state index contributed by atoms with van der Waals surface area (Å²) in [5, 5.41) is 0. The zero-order valence-electron chi connectivity index (χ0n) is 22.1. The van der Waals surface area contributed by atoms with Crippen molar-refractivity contribution in [3.05, 3.63) is 118 Å². The molecule has 1 amide bonds. The van der Waals surface area contributed by atoms with E-state index in [0.717, 1.165) is 24.3 Å². The molecule has 210 valence electrons. The number of nitrogens with two attached hydrogens (primary N) is 1. The molecule has 0 radical (unpaired) electrons. The minimum absolute atomic E-state index is 0.0389. The van der Waals surface area contributed by atoms with Gasteiger partial charge in [0.2, 0.25) is 0 Å². The molecule has 3 aromatic heterocycles. The maximum atomic E-state index is 15.1. The molecule has 5 aromatic rings. The Kier molecular flexibility index (Phi) is 6.05. The molecule has 0 aliphatic carbocycles. The molecule has 8 bridgehead atoms. The first-order valence-corrected chi connectivity index (χ1v) is 13.1. The fraction of sp³-hybridized carbons (Fsp3) is 0. The van der Waals surface area contributed by atoms with E-state index in [1.807, 2.05) is 0 Å². The average Bonchev–Trinajstić information content (AvgIpc) is 3.78. The van der Waals surface area contributed by atoms with Crippen molar-refractivity contribution < 1.29 is 22.4 Å². The summed E-state index contributed by atoms with van der Waals surface area (Å²) in [6, 6.07) is 15.2. The molecule has 0 fully saturated rings. The van der Waals surface area contributed by atoms with Gasteiger partial charge in [-0.3, -0.25) is 4.79 Å². The molecule has 0 saturated carbocycles. The predicted molar refractivity (Wildman–Crippen MR) is 158 cm³/mol. The van der Waals surface area contributed by atoms with Gasteiger partial charge in [-0.2, -0.15) is 0 Å². The van der Waals surface area contributed by atoms with Crippen LogP contribution >= 0.6 is 0 Å². The lowest BCUT2D eigenvalue weighted by Gasteiger charge is -2.07.